The van der Waals surface area contributed by atoms with Crippen molar-refractivity contribution in [2.45, 2.75) is 32.6 Å². The highest BCUT2D eigenvalue weighted by atomic mass is 35.5. The van der Waals surface area contributed by atoms with E-state index in [4.69, 9.17) is 11.6 Å². The lowest BCUT2D eigenvalue weighted by Gasteiger charge is -2.21. The van der Waals surface area contributed by atoms with Gasteiger partial charge in [0.05, 0.1) is 0 Å². The van der Waals surface area contributed by atoms with Crippen LogP contribution in [0.5, 0.6) is 0 Å². The molecule has 0 spiro atoms. The number of hydrogen-bond donors (Lipinski definition) is 1. The molecule has 0 amide bonds. The van der Waals surface area contributed by atoms with E-state index in [9.17, 15) is 0 Å². The number of benzene rings is 1. The van der Waals surface area contributed by atoms with Crippen LogP contribution in [0.4, 0.5) is 5.69 Å². The Hall–Kier alpha value is -0.950. The van der Waals surface area contributed by atoms with Gasteiger partial charge < -0.3 is 5.32 Å². The predicted molar refractivity (Wildman–Crippen MR) is 66.6 cm³/mol. The van der Waals surface area contributed by atoms with Gasteiger partial charge in [0.15, 0.2) is 0 Å². The van der Waals surface area contributed by atoms with E-state index in [-0.39, 0.29) is 5.41 Å². The lowest BCUT2D eigenvalue weighted by molar-refractivity contribution is 0.590. The van der Waals surface area contributed by atoms with E-state index in [1.165, 1.54) is 11.1 Å². The smallest absolute Gasteiger partial charge is 0.0464 e. The van der Waals surface area contributed by atoms with E-state index in [2.05, 4.69) is 38.7 Å². The summed E-state index contributed by atoms with van der Waals surface area (Å²) >= 11 is 6.27. The van der Waals surface area contributed by atoms with Gasteiger partial charge in [0.1, 0.15) is 0 Å². The Bertz CT molecular complexity index is 427. The number of anilines is 1. The molecule has 0 aliphatic carbocycles. The minimum Gasteiger partial charge on any atom is -0.359 e. The fourth-order valence-electron chi connectivity index (χ4n) is 1.92. The summed E-state index contributed by atoms with van der Waals surface area (Å²) in [7, 11) is 0. The van der Waals surface area contributed by atoms with Gasteiger partial charge in [-0.15, -0.1) is 0 Å². The van der Waals surface area contributed by atoms with E-state index >= 15 is 0 Å². The Morgan fingerprint density at radius 3 is 2.60 bits per heavy atom. The molecule has 0 unspecified atom stereocenters. The van der Waals surface area contributed by atoms with Crippen molar-refractivity contribution in [3.8, 4) is 0 Å². The zero-order valence-electron chi connectivity index (χ0n) is 9.45. The van der Waals surface area contributed by atoms with Crippen LogP contribution in [-0.4, -0.2) is 0 Å². The van der Waals surface area contributed by atoms with Crippen LogP contribution >= 0.6 is 11.6 Å². The molecule has 1 aliphatic rings. The molecule has 0 saturated heterocycles. The molecule has 0 atom stereocenters. The maximum Gasteiger partial charge on any atom is 0.0464 e. The molecule has 0 saturated carbocycles. The van der Waals surface area contributed by atoms with Crippen LogP contribution in [0.15, 0.2) is 24.4 Å². The van der Waals surface area contributed by atoms with Crippen molar-refractivity contribution < 1.29 is 0 Å². The molecule has 1 aromatic carbocycles. The van der Waals surface area contributed by atoms with E-state index in [0.717, 1.165) is 22.8 Å². The Labute approximate surface area is 96.1 Å². The fourth-order valence-corrected chi connectivity index (χ4v) is 2.37. The zero-order valence-corrected chi connectivity index (χ0v) is 10.2. The van der Waals surface area contributed by atoms with Crippen molar-refractivity contribution in [2.75, 3.05) is 5.32 Å². The number of nitrogens with one attached hydrogen (secondary N) is 1. The summed E-state index contributed by atoms with van der Waals surface area (Å²) in [6, 6.07) is 4.21. The monoisotopic (exact) mass is 221 g/mol. The largest absolute Gasteiger partial charge is 0.359 e. The molecule has 1 N–H and O–H groups in total. The van der Waals surface area contributed by atoms with Crippen molar-refractivity contribution in [1.29, 1.82) is 0 Å². The highest BCUT2D eigenvalue weighted by Gasteiger charge is 2.22. The summed E-state index contributed by atoms with van der Waals surface area (Å²) in [5.74, 6) is 0. The molecule has 0 fully saturated rings. The van der Waals surface area contributed by atoms with E-state index in [1.807, 2.05) is 6.07 Å². The fraction of sp³-hybridized carbons (Fsp3) is 0.385. The summed E-state index contributed by atoms with van der Waals surface area (Å²) in [5, 5.41) is 4.07. The highest BCUT2D eigenvalue weighted by molar-refractivity contribution is 6.31. The Kier molecular flexibility index (Phi) is 2.31. The van der Waals surface area contributed by atoms with Crippen LogP contribution in [0.3, 0.4) is 0 Å². The van der Waals surface area contributed by atoms with Crippen LogP contribution in [0.2, 0.25) is 5.02 Å². The van der Waals surface area contributed by atoms with Gasteiger partial charge in [0.25, 0.3) is 0 Å². The molecule has 0 bridgehead atoms. The summed E-state index contributed by atoms with van der Waals surface area (Å²) < 4.78 is 0. The molecule has 2 heteroatoms. The van der Waals surface area contributed by atoms with Gasteiger partial charge in [-0.2, -0.15) is 0 Å². The number of fused-ring (bicyclic) bond motifs is 1. The van der Waals surface area contributed by atoms with Crippen molar-refractivity contribution in [1.82, 2.24) is 0 Å². The van der Waals surface area contributed by atoms with E-state index in [1.54, 1.807) is 0 Å². The van der Waals surface area contributed by atoms with Gasteiger partial charge in [-0.05, 0) is 22.6 Å². The third-order valence-electron chi connectivity index (χ3n) is 2.72. The standard InChI is InChI=1S/C13H16ClN/c1-8-5-9-6-10(13(2,3)4)11(14)7-12(9)15-8/h6-7,15H,1,5H2,2-4H3. The minimum atomic E-state index is 0.0933. The van der Waals surface area contributed by atoms with E-state index in [0.29, 0.717) is 0 Å². The second kappa shape index (κ2) is 3.28. The molecule has 0 aromatic heterocycles. The molecular weight excluding hydrogens is 206 g/mol. The van der Waals surface area contributed by atoms with Crippen molar-refractivity contribution >= 4 is 17.3 Å². The van der Waals surface area contributed by atoms with Crippen molar-refractivity contribution in [3.05, 3.63) is 40.6 Å². The van der Waals surface area contributed by atoms with E-state index < -0.39 is 0 Å². The maximum absolute atomic E-state index is 6.27. The van der Waals surface area contributed by atoms with Gasteiger partial charge >= 0.3 is 0 Å². The third kappa shape index (κ3) is 1.89. The number of allylic oxidation sites excluding steroid dienone is 1. The van der Waals surface area contributed by atoms with Gasteiger partial charge in [-0.25, -0.2) is 0 Å². The quantitative estimate of drug-likeness (QED) is 0.695. The minimum absolute atomic E-state index is 0.0933. The Morgan fingerprint density at radius 1 is 1.33 bits per heavy atom. The summed E-state index contributed by atoms with van der Waals surface area (Å²) in [6.45, 7) is 10.5. The van der Waals surface area contributed by atoms with Crippen molar-refractivity contribution in [2.24, 2.45) is 0 Å². The van der Waals surface area contributed by atoms with Crippen LogP contribution in [0.25, 0.3) is 0 Å². The first-order chi connectivity index (χ1) is 6.88. The summed E-state index contributed by atoms with van der Waals surface area (Å²) in [6.07, 6.45) is 0.912. The molecular formula is C13H16ClN. The Morgan fingerprint density at radius 2 is 2.00 bits per heavy atom. The Balaban J connectivity index is 2.54. The first-order valence-electron chi connectivity index (χ1n) is 5.15. The number of rotatable bonds is 0. The van der Waals surface area contributed by atoms with Crippen LogP contribution in [-0.2, 0) is 11.8 Å². The summed E-state index contributed by atoms with van der Waals surface area (Å²) in [5.41, 5.74) is 4.76. The lowest BCUT2D eigenvalue weighted by Crippen LogP contribution is -2.12. The molecule has 1 nitrogen and oxygen atoms in total. The molecule has 0 radical (unpaired) electrons. The van der Waals surface area contributed by atoms with Gasteiger partial charge in [0, 0.05) is 22.8 Å². The predicted octanol–water partition coefficient (Wildman–Crippen LogP) is 4.12. The second-order valence-corrected chi connectivity index (χ2v) is 5.55. The van der Waals surface area contributed by atoms with Gasteiger partial charge in [-0.3, -0.25) is 0 Å². The first kappa shape index (κ1) is 10.6. The zero-order chi connectivity index (χ0) is 11.2. The molecule has 15 heavy (non-hydrogen) atoms. The number of halogens is 1. The van der Waals surface area contributed by atoms with Crippen LogP contribution in [0.1, 0.15) is 31.9 Å². The third-order valence-corrected chi connectivity index (χ3v) is 3.03. The normalized spacial score (nSPS) is 15.1. The average molecular weight is 222 g/mol. The van der Waals surface area contributed by atoms with Gasteiger partial charge in [-0.1, -0.05) is 45.0 Å². The van der Waals surface area contributed by atoms with Crippen LogP contribution in [0, 0.1) is 0 Å². The SMILES string of the molecule is C=C1Cc2cc(C(C)(C)C)c(Cl)cc2N1. The van der Waals surface area contributed by atoms with Crippen molar-refractivity contribution in [3.63, 3.8) is 0 Å². The highest BCUT2D eigenvalue weighted by Crippen LogP contribution is 2.37. The first-order valence-corrected chi connectivity index (χ1v) is 5.53. The van der Waals surface area contributed by atoms with Gasteiger partial charge in [0.2, 0.25) is 0 Å². The summed E-state index contributed by atoms with van der Waals surface area (Å²) in [4.78, 5) is 0. The molecule has 1 heterocycles. The average Bonchev–Trinajstić information content (AvgIpc) is 2.40. The molecule has 2 rings (SSSR count). The lowest BCUT2D eigenvalue weighted by atomic mass is 9.85. The molecule has 80 valence electrons. The maximum atomic E-state index is 6.27. The molecule has 1 aliphatic heterocycles. The molecule has 1 aromatic rings. The second-order valence-electron chi connectivity index (χ2n) is 5.14. The van der Waals surface area contributed by atoms with Crippen LogP contribution < -0.4 is 5.32 Å². The number of hydrogen-bond acceptors (Lipinski definition) is 1. The topological polar surface area (TPSA) is 12.0 Å².